The Labute approximate surface area is 169 Å². The molecule has 0 saturated heterocycles. The van der Waals surface area contributed by atoms with Crippen molar-refractivity contribution in [2.75, 3.05) is 7.11 Å². The van der Waals surface area contributed by atoms with Crippen LogP contribution in [0.5, 0.6) is 5.75 Å². The minimum absolute atomic E-state index is 0.0382. The third kappa shape index (κ3) is 4.16. The molecule has 0 saturated carbocycles. The first-order valence-electron chi connectivity index (χ1n) is 9.31. The summed E-state index contributed by atoms with van der Waals surface area (Å²) in [6, 6.07) is 11.5. The molecule has 0 atom stereocenters. The lowest BCUT2D eigenvalue weighted by atomic mass is 10.1. The first kappa shape index (κ1) is 20.6. The minimum atomic E-state index is -0.632. The number of halogens is 1. The number of aromatic nitrogens is 1. The maximum absolute atomic E-state index is 14.5. The predicted molar refractivity (Wildman–Crippen MR) is 109 cm³/mol. The fourth-order valence-electron chi connectivity index (χ4n) is 3.35. The molecule has 0 amide bonds. The zero-order chi connectivity index (χ0) is 21.3. The molecule has 0 bridgehead atoms. The number of carbonyl (C=O) groups is 2. The second kappa shape index (κ2) is 7.70. The van der Waals surface area contributed by atoms with E-state index in [0.29, 0.717) is 27.7 Å². The number of hydrogen-bond acceptors (Lipinski definition) is 4. The summed E-state index contributed by atoms with van der Waals surface area (Å²) in [5, 5.41) is 0.580. The van der Waals surface area contributed by atoms with E-state index in [1.54, 1.807) is 52.0 Å². The van der Waals surface area contributed by atoms with Crippen LogP contribution in [0.1, 0.15) is 42.4 Å². The molecule has 2 aromatic carbocycles. The van der Waals surface area contributed by atoms with Crippen LogP contribution in [0, 0.1) is 12.7 Å². The summed E-state index contributed by atoms with van der Waals surface area (Å²) in [4.78, 5) is 25.6. The predicted octanol–water partition coefficient (Wildman–Crippen LogP) is 4.67. The quantitative estimate of drug-likeness (QED) is 0.601. The van der Waals surface area contributed by atoms with E-state index >= 15 is 0 Å². The number of hydrogen-bond donors (Lipinski definition) is 0. The molecular weight excluding hydrogens is 373 g/mol. The van der Waals surface area contributed by atoms with Crippen molar-refractivity contribution < 1.29 is 23.5 Å². The van der Waals surface area contributed by atoms with Crippen LogP contribution in [0.3, 0.4) is 0 Å². The molecule has 3 rings (SSSR count). The zero-order valence-electron chi connectivity index (χ0n) is 17.2. The van der Waals surface area contributed by atoms with E-state index in [-0.39, 0.29) is 18.1 Å². The lowest BCUT2D eigenvalue weighted by Crippen LogP contribution is -2.25. The summed E-state index contributed by atoms with van der Waals surface area (Å²) in [6.45, 7) is 7.11. The SMILES string of the molecule is COc1cc2c(CC(=O)OC(C)(C)C)c(C)n(C(=O)c3ccccc3)c2cc1F. The van der Waals surface area contributed by atoms with Crippen molar-refractivity contribution >= 4 is 22.8 Å². The van der Waals surface area contributed by atoms with E-state index in [0.717, 1.165) is 0 Å². The van der Waals surface area contributed by atoms with Crippen LogP contribution in [0.15, 0.2) is 42.5 Å². The van der Waals surface area contributed by atoms with Gasteiger partial charge >= 0.3 is 5.97 Å². The Bertz CT molecular complexity index is 1080. The van der Waals surface area contributed by atoms with E-state index in [2.05, 4.69) is 0 Å². The minimum Gasteiger partial charge on any atom is -0.494 e. The van der Waals surface area contributed by atoms with Crippen molar-refractivity contribution in [3.63, 3.8) is 0 Å². The number of esters is 1. The average molecular weight is 397 g/mol. The number of rotatable bonds is 4. The molecule has 5 nitrogen and oxygen atoms in total. The van der Waals surface area contributed by atoms with Crippen molar-refractivity contribution in [1.82, 2.24) is 4.57 Å². The number of methoxy groups -OCH3 is 1. The second-order valence-corrected chi connectivity index (χ2v) is 7.84. The van der Waals surface area contributed by atoms with Gasteiger partial charge in [-0.15, -0.1) is 0 Å². The number of ether oxygens (including phenoxy) is 2. The van der Waals surface area contributed by atoms with Crippen molar-refractivity contribution in [2.24, 2.45) is 0 Å². The Morgan fingerprint density at radius 1 is 1.10 bits per heavy atom. The summed E-state index contributed by atoms with van der Waals surface area (Å²) in [5.74, 6) is -1.25. The van der Waals surface area contributed by atoms with Gasteiger partial charge in [-0.2, -0.15) is 0 Å². The Hall–Kier alpha value is -3.15. The van der Waals surface area contributed by atoms with Gasteiger partial charge in [0.2, 0.25) is 0 Å². The van der Waals surface area contributed by atoms with E-state index in [1.165, 1.54) is 23.8 Å². The van der Waals surface area contributed by atoms with Crippen LogP contribution in [-0.2, 0) is 16.0 Å². The molecular formula is C23H24FNO4. The van der Waals surface area contributed by atoms with Crippen LogP contribution in [0.4, 0.5) is 4.39 Å². The summed E-state index contributed by atoms with van der Waals surface area (Å²) in [6.07, 6.45) is -0.0382. The normalized spacial score (nSPS) is 11.5. The van der Waals surface area contributed by atoms with Crippen molar-refractivity contribution in [3.05, 3.63) is 65.1 Å². The highest BCUT2D eigenvalue weighted by Crippen LogP contribution is 2.33. The second-order valence-electron chi connectivity index (χ2n) is 7.84. The van der Waals surface area contributed by atoms with Gasteiger partial charge in [0, 0.05) is 22.7 Å². The molecule has 0 aliphatic rings. The Balaban J connectivity index is 2.19. The van der Waals surface area contributed by atoms with Gasteiger partial charge < -0.3 is 9.47 Å². The molecule has 152 valence electrons. The highest BCUT2D eigenvalue weighted by atomic mass is 19.1. The third-order valence-electron chi connectivity index (χ3n) is 4.57. The van der Waals surface area contributed by atoms with Gasteiger partial charge in [-0.3, -0.25) is 14.2 Å². The monoisotopic (exact) mass is 397 g/mol. The van der Waals surface area contributed by atoms with Gasteiger partial charge in [0.25, 0.3) is 5.91 Å². The number of benzene rings is 2. The average Bonchev–Trinajstić information content (AvgIpc) is 2.90. The van der Waals surface area contributed by atoms with Crippen molar-refractivity contribution in [3.8, 4) is 5.75 Å². The molecule has 1 heterocycles. The third-order valence-corrected chi connectivity index (χ3v) is 4.57. The standard InChI is InChI=1S/C23H24FNO4/c1-14-16(12-21(26)29-23(2,3)4)17-11-20(28-5)18(24)13-19(17)25(14)22(27)15-9-7-6-8-10-15/h6-11,13H,12H2,1-5H3. The summed E-state index contributed by atoms with van der Waals surface area (Å²) < 4.78 is 26.4. The maximum Gasteiger partial charge on any atom is 0.310 e. The fraction of sp³-hybridized carbons (Fsp3) is 0.304. The smallest absolute Gasteiger partial charge is 0.310 e. The fourth-order valence-corrected chi connectivity index (χ4v) is 3.35. The van der Waals surface area contributed by atoms with Crippen molar-refractivity contribution in [2.45, 2.75) is 39.7 Å². The topological polar surface area (TPSA) is 57.5 Å². The van der Waals surface area contributed by atoms with Crippen molar-refractivity contribution in [1.29, 1.82) is 0 Å². The van der Waals surface area contributed by atoms with Crippen LogP contribution in [-0.4, -0.2) is 29.2 Å². The van der Waals surface area contributed by atoms with Crippen LogP contribution in [0.25, 0.3) is 10.9 Å². The number of nitrogens with zero attached hydrogens (tertiary/aromatic N) is 1. The molecule has 0 N–H and O–H groups in total. The molecule has 29 heavy (non-hydrogen) atoms. The first-order valence-corrected chi connectivity index (χ1v) is 9.31. The van der Waals surface area contributed by atoms with Gasteiger partial charge in [0.05, 0.1) is 19.0 Å². The van der Waals surface area contributed by atoms with E-state index in [1.807, 2.05) is 6.07 Å². The summed E-state index contributed by atoms with van der Waals surface area (Å²) in [7, 11) is 1.37. The van der Waals surface area contributed by atoms with Crippen LogP contribution < -0.4 is 4.74 Å². The highest BCUT2D eigenvalue weighted by Gasteiger charge is 2.25. The number of carbonyl (C=O) groups excluding carboxylic acids is 2. The number of fused-ring (bicyclic) bond motifs is 1. The molecule has 0 aliphatic carbocycles. The van der Waals surface area contributed by atoms with E-state index < -0.39 is 17.4 Å². The van der Waals surface area contributed by atoms with Gasteiger partial charge in [-0.1, -0.05) is 18.2 Å². The molecule has 0 aliphatic heterocycles. The summed E-state index contributed by atoms with van der Waals surface area (Å²) in [5.41, 5.74) is 1.39. The van der Waals surface area contributed by atoms with E-state index in [4.69, 9.17) is 9.47 Å². The summed E-state index contributed by atoms with van der Waals surface area (Å²) >= 11 is 0. The van der Waals surface area contributed by atoms with Crippen LogP contribution >= 0.6 is 0 Å². The maximum atomic E-state index is 14.5. The molecule has 0 fully saturated rings. The largest absolute Gasteiger partial charge is 0.494 e. The molecule has 0 radical (unpaired) electrons. The Morgan fingerprint density at radius 3 is 2.34 bits per heavy atom. The van der Waals surface area contributed by atoms with E-state index in [9.17, 15) is 14.0 Å². The Kier molecular flexibility index (Phi) is 5.46. The van der Waals surface area contributed by atoms with Gasteiger partial charge in [-0.25, -0.2) is 4.39 Å². The van der Waals surface area contributed by atoms with Gasteiger partial charge in [0.15, 0.2) is 11.6 Å². The highest BCUT2D eigenvalue weighted by molar-refractivity contribution is 6.05. The van der Waals surface area contributed by atoms with Gasteiger partial charge in [-0.05, 0) is 51.5 Å². The molecule has 1 aromatic heterocycles. The first-order chi connectivity index (χ1) is 13.6. The molecule has 3 aromatic rings. The lowest BCUT2D eigenvalue weighted by Gasteiger charge is -2.19. The Morgan fingerprint density at radius 2 is 1.76 bits per heavy atom. The molecule has 6 heteroatoms. The molecule has 0 spiro atoms. The van der Waals surface area contributed by atoms with Crippen LogP contribution in [0.2, 0.25) is 0 Å². The lowest BCUT2D eigenvalue weighted by molar-refractivity contribution is -0.153. The molecule has 0 unspecified atom stereocenters. The van der Waals surface area contributed by atoms with Gasteiger partial charge in [0.1, 0.15) is 5.60 Å². The zero-order valence-corrected chi connectivity index (χ0v) is 17.2.